The summed E-state index contributed by atoms with van der Waals surface area (Å²) in [7, 11) is 0. The zero-order valence-corrected chi connectivity index (χ0v) is 13.1. The summed E-state index contributed by atoms with van der Waals surface area (Å²) in [6.07, 6.45) is 4.25. The summed E-state index contributed by atoms with van der Waals surface area (Å²) in [6.45, 7) is 1.08. The second kappa shape index (κ2) is 6.33. The lowest BCUT2D eigenvalue weighted by atomic mass is 10.1. The molecular formula is C18H17N3O3. The molecule has 2 aromatic heterocycles. The molecule has 4 rings (SSSR count). The largest absolute Gasteiger partial charge is 0.493 e. The van der Waals surface area contributed by atoms with Crippen LogP contribution in [0.4, 0.5) is 0 Å². The number of aliphatic hydroxyl groups is 1. The summed E-state index contributed by atoms with van der Waals surface area (Å²) in [5.74, 6) is 2.13. The molecule has 0 unspecified atom stereocenters. The summed E-state index contributed by atoms with van der Waals surface area (Å²) in [5.41, 5.74) is 3.02. The highest BCUT2D eigenvalue weighted by Crippen LogP contribution is 2.30. The van der Waals surface area contributed by atoms with E-state index in [0.717, 1.165) is 29.9 Å². The first-order valence-electron chi connectivity index (χ1n) is 7.82. The van der Waals surface area contributed by atoms with Gasteiger partial charge in [-0.2, -0.15) is 9.78 Å². The minimum atomic E-state index is -0.0412. The average molecular weight is 323 g/mol. The number of para-hydroxylation sites is 1. The number of hydrogen-bond acceptors (Lipinski definition) is 5. The lowest BCUT2D eigenvalue weighted by Crippen LogP contribution is -2.06. The fraction of sp³-hybridized carbons (Fsp3) is 0.222. The number of nitrogens with zero attached hydrogens (tertiary/aromatic N) is 3. The summed E-state index contributed by atoms with van der Waals surface area (Å²) >= 11 is 0. The molecule has 0 atom stereocenters. The second-order valence-electron chi connectivity index (χ2n) is 5.55. The van der Waals surface area contributed by atoms with Gasteiger partial charge >= 0.3 is 0 Å². The van der Waals surface area contributed by atoms with E-state index in [1.165, 1.54) is 5.56 Å². The number of pyridine rings is 1. The summed E-state index contributed by atoms with van der Waals surface area (Å²) in [4.78, 5) is 4.29. The number of fused-ring (bicyclic) bond motifs is 1. The molecule has 0 aliphatic carbocycles. The molecule has 1 aliphatic rings. The fourth-order valence-corrected chi connectivity index (χ4v) is 2.80. The van der Waals surface area contributed by atoms with Gasteiger partial charge in [0, 0.05) is 24.2 Å². The van der Waals surface area contributed by atoms with Crippen molar-refractivity contribution in [1.82, 2.24) is 14.8 Å². The molecule has 0 saturated carbocycles. The SMILES string of the molecule is OCc1ccnc(-n2nccc2OCc2cccc3c2OCC3)c1. The highest BCUT2D eigenvalue weighted by Gasteiger charge is 2.17. The Morgan fingerprint density at radius 2 is 2.17 bits per heavy atom. The number of hydrogen-bond donors (Lipinski definition) is 1. The van der Waals surface area contributed by atoms with Gasteiger partial charge in [-0.25, -0.2) is 4.98 Å². The number of ether oxygens (including phenoxy) is 2. The van der Waals surface area contributed by atoms with Crippen molar-refractivity contribution in [1.29, 1.82) is 0 Å². The van der Waals surface area contributed by atoms with Crippen LogP contribution in [0.5, 0.6) is 11.6 Å². The van der Waals surface area contributed by atoms with Crippen molar-refractivity contribution in [3.63, 3.8) is 0 Å². The van der Waals surface area contributed by atoms with Gasteiger partial charge in [-0.15, -0.1) is 0 Å². The summed E-state index contributed by atoms with van der Waals surface area (Å²) in [6, 6.07) is 11.4. The van der Waals surface area contributed by atoms with Crippen LogP contribution in [0.15, 0.2) is 48.8 Å². The molecule has 0 saturated heterocycles. The van der Waals surface area contributed by atoms with E-state index in [2.05, 4.69) is 16.1 Å². The normalized spacial score (nSPS) is 12.7. The van der Waals surface area contributed by atoms with Crippen molar-refractivity contribution < 1.29 is 14.6 Å². The van der Waals surface area contributed by atoms with Crippen LogP contribution >= 0.6 is 0 Å². The molecule has 6 nitrogen and oxygen atoms in total. The molecule has 1 aliphatic heterocycles. The Bertz CT molecular complexity index is 860. The van der Waals surface area contributed by atoms with Crippen LogP contribution in [0.25, 0.3) is 5.82 Å². The van der Waals surface area contributed by atoms with Crippen molar-refractivity contribution in [3.05, 3.63) is 65.5 Å². The van der Waals surface area contributed by atoms with Crippen molar-refractivity contribution >= 4 is 0 Å². The first-order chi connectivity index (χ1) is 11.8. The Morgan fingerprint density at radius 1 is 1.21 bits per heavy atom. The van der Waals surface area contributed by atoms with Gasteiger partial charge in [0.05, 0.1) is 19.4 Å². The predicted molar refractivity (Wildman–Crippen MR) is 87.3 cm³/mol. The Hall–Kier alpha value is -2.86. The van der Waals surface area contributed by atoms with Crippen LogP contribution in [-0.2, 0) is 19.6 Å². The van der Waals surface area contributed by atoms with Gasteiger partial charge in [-0.05, 0) is 23.3 Å². The molecule has 0 spiro atoms. The van der Waals surface area contributed by atoms with Gasteiger partial charge in [-0.1, -0.05) is 18.2 Å². The van der Waals surface area contributed by atoms with E-state index >= 15 is 0 Å². The van der Waals surface area contributed by atoms with Crippen LogP contribution in [0.2, 0.25) is 0 Å². The fourth-order valence-electron chi connectivity index (χ4n) is 2.80. The van der Waals surface area contributed by atoms with Crippen LogP contribution in [-0.4, -0.2) is 26.5 Å². The van der Waals surface area contributed by atoms with Gasteiger partial charge < -0.3 is 14.6 Å². The van der Waals surface area contributed by atoms with Crippen LogP contribution in [0.3, 0.4) is 0 Å². The average Bonchev–Trinajstić information content (AvgIpc) is 3.29. The Kier molecular flexibility index (Phi) is 3.88. The third-order valence-corrected chi connectivity index (χ3v) is 3.99. The Labute approximate surface area is 139 Å². The quantitative estimate of drug-likeness (QED) is 0.780. The van der Waals surface area contributed by atoms with Crippen LogP contribution < -0.4 is 9.47 Å². The zero-order valence-electron chi connectivity index (χ0n) is 13.1. The molecule has 3 heterocycles. The maximum atomic E-state index is 9.27. The second-order valence-corrected chi connectivity index (χ2v) is 5.55. The molecule has 24 heavy (non-hydrogen) atoms. The highest BCUT2D eigenvalue weighted by molar-refractivity contribution is 5.44. The summed E-state index contributed by atoms with van der Waals surface area (Å²) < 4.78 is 13.3. The predicted octanol–water partition coefficient (Wildman–Crippen LogP) is 2.27. The first-order valence-corrected chi connectivity index (χ1v) is 7.82. The standard InChI is InChI=1S/C18H17N3O3/c22-11-13-4-7-19-16(10-13)21-17(5-8-20-21)24-12-15-3-1-2-14-6-9-23-18(14)15/h1-5,7-8,10,22H,6,9,11-12H2. The monoisotopic (exact) mass is 323 g/mol. The third-order valence-electron chi connectivity index (χ3n) is 3.99. The van der Waals surface area contributed by atoms with Crippen molar-refractivity contribution in [2.75, 3.05) is 6.61 Å². The maximum absolute atomic E-state index is 9.27. The van der Waals surface area contributed by atoms with E-state index in [-0.39, 0.29) is 6.61 Å². The van der Waals surface area contributed by atoms with Crippen LogP contribution in [0.1, 0.15) is 16.7 Å². The van der Waals surface area contributed by atoms with Crippen molar-refractivity contribution in [2.45, 2.75) is 19.6 Å². The van der Waals surface area contributed by atoms with Gasteiger partial charge in [0.25, 0.3) is 0 Å². The molecule has 3 aromatic rings. The molecular weight excluding hydrogens is 306 g/mol. The maximum Gasteiger partial charge on any atom is 0.218 e. The number of aromatic nitrogens is 3. The topological polar surface area (TPSA) is 69.4 Å². The highest BCUT2D eigenvalue weighted by atomic mass is 16.5. The lowest BCUT2D eigenvalue weighted by molar-refractivity contribution is 0.273. The van der Waals surface area contributed by atoms with E-state index in [0.29, 0.717) is 18.3 Å². The van der Waals surface area contributed by atoms with E-state index in [1.54, 1.807) is 35.3 Å². The molecule has 0 bridgehead atoms. The van der Waals surface area contributed by atoms with Gasteiger partial charge in [0.15, 0.2) is 5.82 Å². The van der Waals surface area contributed by atoms with Gasteiger partial charge in [-0.3, -0.25) is 0 Å². The van der Waals surface area contributed by atoms with Crippen molar-refractivity contribution in [3.8, 4) is 17.4 Å². The number of aliphatic hydroxyl groups excluding tert-OH is 1. The van der Waals surface area contributed by atoms with Gasteiger partial charge in [0.1, 0.15) is 12.4 Å². The zero-order chi connectivity index (χ0) is 16.4. The molecule has 1 aromatic carbocycles. The number of benzene rings is 1. The van der Waals surface area contributed by atoms with E-state index in [4.69, 9.17) is 9.47 Å². The van der Waals surface area contributed by atoms with E-state index in [1.807, 2.05) is 12.1 Å². The molecule has 0 radical (unpaired) electrons. The summed E-state index contributed by atoms with van der Waals surface area (Å²) in [5, 5.41) is 13.5. The van der Waals surface area contributed by atoms with Gasteiger partial charge in [0.2, 0.25) is 5.88 Å². The Morgan fingerprint density at radius 3 is 3.08 bits per heavy atom. The number of rotatable bonds is 5. The lowest BCUT2D eigenvalue weighted by Gasteiger charge is -2.11. The molecule has 6 heteroatoms. The minimum absolute atomic E-state index is 0.0412. The molecule has 122 valence electrons. The molecule has 1 N–H and O–H groups in total. The smallest absolute Gasteiger partial charge is 0.218 e. The van der Waals surface area contributed by atoms with Crippen LogP contribution in [0, 0.1) is 0 Å². The van der Waals surface area contributed by atoms with E-state index < -0.39 is 0 Å². The van der Waals surface area contributed by atoms with Crippen molar-refractivity contribution in [2.24, 2.45) is 0 Å². The molecule has 0 fully saturated rings. The molecule has 0 amide bonds. The Balaban J connectivity index is 1.57. The first kappa shape index (κ1) is 14.7. The third kappa shape index (κ3) is 2.72. The van der Waals surface area contributed by atoms with E-state index in [9.17, 15) is 5.11 Å². The minimum Gasteiger partial charge on any atom is -0.493 e.